The van der Waals surface area contributed by atoms with Crippen molar-refractivity contribution in [3.05, 3.63) is 46.2 Å². The van der Waals surface area contributed by atoms with Gasteiger partial charge in [0.15, 0.2) is 0 Å². The highest BCUT2D eigenvalue weighted by Crippen LogP contribution is 2.20. The number of nitrogens with zero attached hydrogens (tertiary/aromatic N) is 2. The summed E-state index contributed by atoms with van der Waals surface area (Å²) in [4.78, 5) is 17.8. The third kappa shape index (κ3) is 4.77. The van der Waals surface area contributed by atoms with Crippen LogP contribution in [0.3, 0.4) is 0 Å². The number of ether oxygens (including phenoxy) is 1. The fourth-order valence-corrected chi connectivity index (χ4v) is 4.05. The Morgan fingerprint density at radius 2 is 1.88 bits per heavy atom. The molecule has 0 saturated carbocycles. The lowest BCUT2D eigenvalue weighted by molar-refractivity contribution is 0.0955. The third-order valence-corrected chi connectivity index (χ3v) is 5.83. The van der Waals surface area contributed by atoms with E-state index in [0.29, 0.717) is 0 Å². The lowest BCUT2D eigenvalue weighted by Gasteiger charge is -2.36. The molecule has 0 spiro atoms. The number of rotatable bonds is 7. The molecule has 1 aromatic carbocycles. The number of hydrogen-bond acceptors (Lipinski definition) is 5. The topological polar surface area (TPSA) is 44.8 Å². The number of nitrogens with one attached hydrogen (secondary N) is 1. The van der Waals surface area contributed by atoms with Gasteiger partial charge in [-0.3, -0.25) is 9.69 Å². The second-order valence-electron chi connectivity index (χ2n) is 6.57. The van der Waals surface area contributed by atoms with Gasteiger partial charge in [0.25, 0.3) is 5.91 Å². The molecular formula is C20H27N3O2S. The van der Waals surface area contributed by atoms with Crippen molar-refractivity contribution in [2.24, 2.45) is 0 Å². The summed E-state index contributed by atoms with van der Waals surface area (Å²) in [7, 11) is 1.69. The normalized spacial score (nSPS) is 15.1. The zero-order chi connectivity index (χ0) is 18.4. The van der Waals surface area contributed by atoms with E-state index in [9.17, 15) is 4.79 Å². The standard InChI is InChI=1S/C20H27N3O2S/c1-16-8-15-26-19(16)20(24)21-9-3-10-22-11-13-23(14-12-22)17-4-6-18(25-2)7-5-17/h4-8,15H,3,9-14H2,1-2H3,(H,21,24). The van der Waals surface area contributed by atoms with Gasteiger partial charge in [-0.25, -0.2) is 0 Å². The van der Waals surface area contributed by atoms with Crippen LogP contribution in [0.1, 0.15) is 21.7 Å². The number of anilines is 1. The molecule has 1 fully saturated rings. The average molecular weight is 374 g/mol. The second kappa shape index (κ2) is 9.05. The van der Waals surface area contributed by atoms with E-state index >= 15 is 0 Å². The molecule has 0 aliphatic carbocycles. The Bertz CT molecular complexity index is 706. The molecule has 6 heteroatoms. The molecule has 0 bridgehead atoms. The summed E-state index contributed by atoms with van der Waals surface area (Å²) < 4.78 is 5.22. The highest BCUT2D eigenvalue weighted by Gasteiger charge is 2.17. The van der Waals surface area contributed by atoms with Crippen LogP contribution >= 0.6 is 11.3 Å². The lowest BCUT2D eigenvalue weighted by Crippen LogP contribution is -2.47. The first-order chi connectivity index (χ1) is 12.7. The van der Waals surface area contributed by atoms with Gasteiger partial charge in [-0.15, -0.1) is 11.3 Å². The Hall–Kier alpha value is -2.05. The number of hydrogen-bond donors (Lipinski definition) is 1. The van der Waals surface area contributed by atoms with Crippen LogP contribution in [-0.2, 0) is 0 Å². The molecule has 1 aromatic heterocycles. The summed E-state index contributed by atoms with van der Waals surface area (Å²) in [5.41, 5.74) is 2.31. The fraction of sp³-hybridized carbons (Fsp3) is 0.450. The van der Waals surface area contributed by atoms with Crippen LogP contribution in [0.5, 0.6) is 5.75 Å². The number of piperazine rings is 1. The first-order valence-corrected chi connectivity index (χ1v) is 9.99. The van der Waals surface area contributed by atoms with Crippen molar-refractivity contribution in [3.8, 4) is 5.75 Å². The van der Waals surface area contributed by atoms with E-state index < -0.39 is 0 Å². The van der Waals surface area contributed by atoms with Gasteiger partial charge in [0.1, 0.15) is 5.75 Å². The largest absolute Gasteiger partial charge is 0.497 e. The third-order valence-electron chi connectivity index (χ3n) is 4.81. The van der Waals surface area contributed by atoms with Gasteiger partial charge in [0, 0.05) is 38.4 Å². The van der Waals surface area contributed by atoms with Crippen LogP contribution in [0.4, 0.5) is 5.69 Å². The lowest BCUT2D eigenvalue weighted by atomic mass is 10.2. The van der Waals surface area contributed by atoms with E-state index in [2.05, 4.69) is 27.2 Å². The summed E-state index contributed by atoms with van der Waals surface area (Å²) in [6, 6.07) is 10.3. The number of thiophene rings is 1. The Kier molecular flexibility index (Phi) is 6.52. The van der Waals surface area contributed by atoms with Crippen molar-refractivity contribution in [3.63, 3.8) is 0 Å². The maximum atomic E-state index is 12.1. The number of benzene rings is 1. The molecule has 1 amide bonds. The predicted octanol–water partition coefficient (Wildman–Crippen LogP) is 3.01. The predicted molar refractivity (Wildman–Crippen MR) is 108 cm³/mol. The maximum absolute atomic E-state index is 12.1. The number of carbonyl (C=O) groups excluding carboxylic acids is 1. The minimum absolute atomic E-state index is 0.0572. The van der Waals surface area contributed by atoms with Crippen molar-refractivity contribution in [2.45, 2.75) is 13.3 Å². The van der Waals surface area contributed by atoms with Gasteiger partial charge < -0.3 is 15.0 Å². The number of aryl methyl sites for hydroxylation is 1. The zero-order valence-corrected chi connectivity index (χ0v) is 16.3. The average Bonchev–Trinajstić information content (AvgIpc) is 3.12. The van der Waals surface area contributed by atoms with Crippen molar-refractivity contribution in [1.82, 2.24) is 10.2 Å². The van der Waals surface area contributed by atoms with Gasteiger partial charge in [0.05, 0.1) is 12.0 Å². The SMILES string of the molecule is COc1ccc(N2CCN(CCCNC(=O)c3sccc3C)CC2)cc1. The summed E-state index contributed by atoms with van der Waals surface area (Å²) in [6.45, 7) is 7.93. The van der Waals surface area contributed by atoms with Crippen molar-refractivity contribution in [1.29, 1.82) is 0 Å². The Morgan fingerprint density at radius 1 is 1.15 bits per heavy atom. The summed E-state index contributed by atoms with van der Waals surface area (Å²) in [5.74, 6) is 0.953. The van der Waals surface area contributed by atoms with Gasteiger partial charge in [-0.05, 0) is 61.2 Å². The fourth-order valence-electron chi connectivity index (χ4n) is 3.21. The van der Waals surface area contributed by atoms with Crippen LogP contribution in [0.15, 0.2) is 35.7 Å². The minimum atomic E-state index is 0.0572. The van der Waals surface area contributed by atoms with E-state index in [1.807, 2.05) is 30.5 Å². The molecule has 26 heavy (non-hydrogen) atoms. The van der Waals surface area contributed by atoms with Gasteiger partial charge >= 0.3 is 0 Å². The maximum Gasteiger partial charge on any atom is 0.261 e. The van der Waals surface area contributed by atoms with Crippen molar-refractivity contribution in [2.75, 3.05) is 51.3 Å². The summed E-state index contributed by atoms with van der Waals surface area (Å²) >= 11 is 1.51. The minimum Gasteiger partial charge on any atom is -0.497 e. The van der Waals surface area contributed by atoms with Crippen LogP contribution < -0.4 is 15.0 Å². The molecule has 2 heterocycles. The highest BCUT2D eigenvalue weighted by molar-refractivity contribution is 7.12. The molecule has 0 atom stereocenters. The first kappa shape index (κ1) is 18.7. The molecule has 1 aliphatic rings. The highest BCUT2D eigenvalue weighted by atomic mass is 32.1. The summed E-state index contributed by atoms with van der Waals surface area (Å²) in [5, 5.41) is 5.00. The smallest absolute Gasteiger partial charge is 0.261 e. The van der Waals surface area contributed by atoms with E-state index in [1.54, 1.807) is 7.11 Å². The molecule has 0 radical (unpaired) electrons. The molecule has 2 aromatic rings. The Balaban J connectivity index is 1.35. The zero-order valence-electron chi connectivity index (χ0n) is 15.5. The van der Waals surface area contributed by atoms with Crippen LogP contribution in [-0.4, -0.2) is 57.2 Å². The molecular weight excluding hydrogens is 346 g/mol. The molecule has 0 unspecified atom stereocenters. The van der Waals surface area contributed by atoms with E-state index in [0.717, 1.165) is 61.9 Å². The van der Waals surface area contributed by atoms with Crippen molar-refractivity contribution >= 4 is 22.9 Å². The quantitative estimate of drug-likeness (QED) is 0.758. The van der Waals surface area contributed by atoms with Gasteiger partial charge in [-0.2, -0.15) is 0 Å². The molecule has 1 N–H and O–H groups in total. The van der Waals surface area contributed by atoms with Crippen LogP contribution in [0.25, 0.3) is 0 Å². The van der Waals surface area contributed by atoms with E-state index in [1.165, 1.54) is 17.0 Å². The molecule has 1 saturated heterocycles. The number of amides is 1. The van der Waals surface area contributed by atoms with Crippen LogP contribution in [0.2, 0.25) is 0 Å². The second-order valence-corrected chi connectivity index (χ2v) is 7.49. The Labute approximate surface area is 159 Å². The van der Waals surface area contributed by atoms with Gasteiger partial charge in [0.2, 0.25) is 0 Å². The van der Waals surface area contributed by atoms with E-state index in [4.69, 9.17) is 4.74 Å². The van der Waals surface area contributed by atoms with Crippen LogP contribution in [0, 0.1) is 6.92 Å². The number of methoxy groups -OCH3 is 1. The van der Waals surface area contributed by atoms with Crippen molar-refractivity contribution < 1.29 is 9.53 Å². The molecule has 3 rings (SSSR count). The first-order valence-electron chi connectivity index (χ1n) is 9.11. The summed E-state index contributed by atoms with van der Waals surface area (Å²) in [6.07, 6.45) is 0.985. The van der Waals surface area contributed by atoms with Gasteiger partial charge in [-0.1, -0.05) is 0 Å². The number of carbonyl (C=O) groups is 1. The Morgan fingerprint density at radius 3 is 2.50 bits per heavy atom. The van der Waals surface area contributed by atoms with E-state index in [-0.39, 0.29) is 5.91 Å². The molecule has 1 aliphatic heterocycles. The monoisotopic (exact) mass is 373 g/mol. The molecule has 140 valence electrons. The molecule has 5 nitrogen and oxygen atoms in total.